The molecule has 0 bridgehead atoms. The molecule has 4 heteroatoms. The van der Waals surface area contributed by atoms with Crippen molar-refractivity contribution in [2.45, 2.75) is 52.9 Å². The number of nitrogens with zero attached hydrogens (tertiary/aromatic N) is 3. The van der Waals surface area contributed by atoms with Crippen LogP contribution in [0.5, 0.6) is 0 Å². The Labute approximate surface area is 185 Å². The molecule has 31 heavy (non-hydrogen) atoms. The van der Waals surface area contributed by atoms with Gasteiger partial charge in [0.15, 0.2) is 0 Å². The van der Waals surface area contributed by atoms with Gasteiger partial charge in [-0.25, -0.2) is 0 Å². The second-order valence-corrected chi connectivity index (χ2v) is 10.3. The SMILES string of the molecule is CC1=CC(=C(C#N)C#N)C=C(C=Cc2cc3c4c(c2)C(C)(C)CCN4CC(C)(C)C3)O1. The number of rotatable bonds is 2. The third-order valence-corrected chi connectivity index (χ3v) is 6.44. The van der Waals surface area contributed by atoms with Crippen molar-refractivity contribution in [3.8, 4) is 12.1 Å². The summed E-state index contributed by atoms with van der Waals surface area (Å²) in [5.74, 6) is 1.30. The minimum atomic E-state index is 0.0934. The number of ether oxygens (including phenoxy) is 1. The molecule has 3 aliphatic heterocycles. The van der Waals surface area contributed by atoms with E-state index in [0.29, 0.717) is 17.1 Å². The minimum absolute atomic E-state index is 0.0934. The zero-order valence-electron chi connectivity index (χ0n) is 19.0. The molecule has 0 amide bonds. The van der Waals surface area contributed by atoms with E-state index in [2.05, 4.69) is 50.8 Å². The summed E-state index contributed by atoms with van der Waals surface area (Å²) in [6.07, 6.45) is 9.71. The fourth-order valence-electron chi connectivity index (χ4n) is 4.96. The van der Waals surface area contributed by atoms with Crippen molar-refractivity contribution in [2.24, 2.45) is 5.41 Å². The molecule has 0 saturated heterocycles. The third kappa shape index (κ3) is 4.04. The minimum Gasteiger partial charge on any atom is -0.462 e. The van der Waals surface area contributed by atoms with Gasteiger partial charge in [-0.05, 0) is 77.6 Å². The van der Waals surface area contributed by atoms with Gasteiger partial charge >= 0.3 is 0 Å². The summed E-state index contributed by atoms with van der Waals surface area (Å²) in [6.45, 7) is 13.4. The molecule has 0 radical (unpaired) electrons. The zero-order valence-corrected chi connectivity index (χ0v) is 19.0. The molecule has 3 heterocycles. The smallest absolute Gasteiger partial charge is 0.137 e. The maximum absolute atomic E-state index is 9.20. The number of anilines is 1. The van der Waals surface area contributed by atoms with Crippen molar-refractivity contribution in [2.75, 3.05) is 18.0 Å². The molecule has 0 aliphatic carbocycles. The first-order valence-corrected chi connectivity index (χ1v) is 10.8. The van der Waals surface area contributed by atoms with Crippen molar-refractivity contribution in [3.05, 3.63) is 69.7 Å². The highest BCUT2D eigenvalue weighted by Gasteiger charge is 2.39. The third-order valence-electron chi connectivity index (χ3n) is 6.44. The lowest BCUT2D eigenvalue weighted by molar-refractivity contribution is 0.318. The van der Waals surface area contributed by atoms with Crippen LogP contribution in [-0.2, 0) is 16.6 Å². The molecule has 0 N–H and O–H groups in total. The van der Waals surface area contributed by atoms with Crippen molar-refractivity contribution in [1.29, 1.82) is 10.5 Å². The number of nitriles is 2. The van der Waals surface area contributed by atoms with Gasteiger partial charge in [0.05, 0.1) is 0 Å². The van der Waals surface area contributed by atoms with Gasteiger partial charge in [-0.3, -0.25) is 0 Å². The second kappa shape index (κ2) is 7.47. The highest BCUT2D eigenvalue weighted by molar-refractivity contribution is 5.71. The summed E-state index contributed by atoms with van der Waals surface area (Å²) in [7, 11) is 0. The molecule has 0 atom stereocenters. The maximum atomic E-state index is 9.20. The number of allylic oxidation sites excluding steroid dienone is 6. The standard InChI is InChI=1S/C27H29N3O/c1-18-10-20(22(15-28)16-29)13-23(31-18)7-6-19-11-21-14-26(2,3)17-30-9-8-27(4,5)24(12-19)25(21)30/h6-7,10-13H,8-9,14,17H2,1-5H3. The van der Waals surface area contributed by atoms with Crippen LogP contribution in [0.25, 0.3) is 6.08 Å². The normalized spacial score (nSPS) is 20.7. The van der Waals surface area contributed by atoms with E-state index >= 15 is 0 Å². The molecule has 0 aromatic heterocycles. The Balaban J connectivity index is 1.74. The molecule has 158 valence electrons. The highest BCUT2D eigenvalue weighted by atomic mass is 16.5. The van der Waals surface area contributed by atoms with Gasteiger partial charge in [-0.15, -0.1) is 0 Å². The van der Waals surface area contributed by atoms with Gasteiger partial charge in [0.25, 0.3) is 0 Å². The van der Waals surface area contributed by atoms with Gasteiger partial charge in [-0.1, -0.05) is 33.8 Å². The van der Waals surface area contributed by atoms with Crippen LogP contribution in [0.2, 0.25) is 0 Å². The summed E-state index contributed by atoms with van der Waals surface area (Å²) < 4.78 is 5.82. The Kier molecular flexibility index (Phi) is 5.06. The lowest BCUT2D eigenvalue weighted by Crippen LogP contribution is -2.46. The average molecular weight is 412 g/mol. The average Bonchev–Trinajstić information content (AvgIpc) is 2.69. The molecular formula is C27H29N3O. The first kappa shape index (κ1) is 21.0. The zero-order chi connectivity index (χ0) is 22.4. The first-order chi connectivity index (χ1) is 14.6. The van der Waals surface area contributed by atoms with E-state index < -0.39 is 0 Å². The Hall–Kier alpha value is -3.24. The molecule has 1 aromatic carbocycles. The van der Waals surface area contributed by atoms with Crippen molar-refractivity contribution in [1.82, 2.24) is 0 Å². The molecule has 1 aromatic rings. The van der Waals surface area contributed by atoms with Crippen LogP contribution in [0, 0.1) is 28.1 Å². The van der Waals surface area contributed by atoms with Gasteiger partial charge < -0.3 is 9.64 Å². The van der Waals surface area contributed by atoms with Crippen molar-refractivity contribution < 1.29 is 4.74 Å². The molecule has 3 aliphatic rings. The predicted molar refractivity (Wildman–Crippen MR) is 124 cm³/mol. The van der Waals surface area contributed by atoms with Crippen LogP contribution < -0.4 is 4.90 Å². The van der Waals surface area contributed by atoms with Gasteiger partial charge in [0, 0.05) is 24.4 Å². The highest BCUT2D eigenvalue weighted by Crippen LogP contribution is 2.47. The van der Waals surface area contributed by atoms with E-state index in [0.717, 1.165) is 31.5 Å². The summed E-state index contributed by atoms with van der Waals surface area (Å²) in [5, 5.41) is 18.4. The van der Waals surface area contributed by atoms with Crippen LogP contribution in [-0.4, -0.2) is 13.1 Å². The number of benzene rings is 1. The lowest BCUT2D eigenvalue weighted by Gasteiger charge is -2.48. The Morgan fingerprint density at radius 3 is 2.55 bits per heavy atom. The van der Waals surface area contributed by atoms with E-state index in [1.54, 1.807) is 12.2 Å². The van der Waals surface area contributed by atoms with E-state index in [4.69, 9.17) is 4.74 Å². The summed E-state index contributed by atoms with van der Waals surface area (Å²) >= 11 is 0. The fraction of sp³-hybridized carbons (Fsp3) is 0.407. The van der Waals surface area contributed by atoms with Crippen molar-refractivity contribution in [3.63, 3.8) is 0 Å². The van der Waals surface area contributed by atoms with Crippen LogP contribution in [0.3, 0.4) is 0 Å². The number of hydrogen-bond donors (Lipinski definition) is 0. The topological polar surface area (TPSA) is 60.0 Å². The van der Waals surface area contributed by atoms with E-state index in [1.807, 2.05) is 25.1 Å². The Morgan fingerprint density at radius 2 is 1.84 bits per heavy atom. The van der Waals surface area contributed by atoms with Gasteiger partial charge in [0.2, 0.25) is 0 Å². The molecule has 0 spiro atoms. The quantitative estimate of drug-likeness (QED) is 0.566. The van der Waals surface area contributed by atoms with E-state index in [-0.39, 0.29) is 16.4 Å². The number of hydrogen-bond acceptors (Lipinski definition) is 4. The molecule has 0 saturated carbocycles. The summed E-state index contributed by atoms with van der Waals surface area (Å²) in [5.41, 5.74) is 6.54. The Morgan fingerprint density at radius 1 is 1.10 bits per heavy atom. The summed E-state index contributed by atoms with van der Waals surface area (Å²) in [6, 6.07) is 8.54. The molecule has 0 fully saturated rings. The van der Waals surface area contributed by atoms with Crippen LogP contribution >= 0.6 is 0 Å². The Bertz CT molecular complexity index is 1130. The fourth-order valence-corrected chi connectivity index (χ4v) is 4.96. The van der Waals surface area contributed by atoms with E-state index in [9.17, 15) is 10.5 Å². The molecule has 0 unspecified atom stereocenters. The first-order valence-electron chi connectivity index (χ1n) is 10.8. The van der Waals surface area contributed by atoms with Crippen molar-refractivity contribution >= 4 is 11.8 Å². The largest absolute Gasteiger partial charge is 0.462 e. The van der Waals surface area contributed by atoms with E-state index in [1.165, 1.54) is 16.8 Å². The van der Waals surface area contributed by atoms with Gasteiger partial charge in [-0.2, -0.15) is 10.5 Å². The molecular weight excluding hydrogens is 382 g/mol. The molecule has 4 nitrogen and oxygen atoms in total. The summed E-state index contributed by atoms with van der Waals surface area (Å²) in [4.78, 5) is 2.58. The maximum Gasteiger partial charge on any atom is 0.137 e. The lowest BCUT2D eigenvalue weighted by atomic mass is 9.71. The van der Waals surface area contributed by atoms with Crippen LogP contribution in [0.1, 0.15) is 57.7 Å². The van der Waals surface area contributed by atoms with Gasteiger partial charge in [0.1, 0.15) is 29.2 Å². The second-order valence-electron chi connectivity index (χ2n) is 10.3. The predicted octanol–water partition coefficient (Wildman–Crippen LogP) is 5.93. The van der Waals surface area contributed by atoms with Crippen LogP contribution in [0.4, 0.5) is 5.69 Å². The molecule has 4 rings (SSSR count). The van der Waals surface area contributed by atoms with Crippen LogP contribution in [0.15, 0.2) is 53.0 Å². The monoisotopic (exact) mass is 411 g/mol.